The van der Waals surface area contributed by atoms with Crippen LogP contribution in [-0.2, 0) is 11.3 Å². The molecule has 1 aromatic carbocycles. The van der Waals surface area contributed by atoms with Crippen molar-refractivity contribution in [2.24, 2.45) is 0 Å². The molecule has 1 heterocycles. The SMILES string of the molecule is CN(Cc1nnc(-c2ccccc2Cl)o1)C(C)(C)C(=O)O. The number of benzene rings is 1. The summed E-state index contributed by atoms with van der Waals surface area (Å²) in [5.41, 5.74) is -0.378. The van der Waals surface area contributed by atoms with E-state index in [-0.39, 0.29) is 6.54 Å². The minimum absolute atomic E-state index is 0.233. The summed E-state index contributed by atoms with van der Waals surface area (Å²) in [5.74, 6) is -0.269. The van der Waals surface area contributed by atoms with Crippen molar-refractivity contribution in [3.63, 3.8) is 0 Å². The lowest BCUT2D eigenvalue weighted by molar-refractivity contribution is -0.149. The van der Waals surface area contributed by atoms with Crippen LogP contribution in [0.1, 0.15) is 19.7 Å². The molecule has 0 radical (unpaired) electrons. The number of carboxylic acid groups (broad SMARTS) is 1. The quantitative estimate of drug-likeness (QED) is 0.914. The molecule has 112 valence electrons. The van der Waals surface area contributed by atoms with Crippen molar-refractivity contribution in [3.05, 3.63) is 35.2 Å². The van der Waals surface area contributed by atoms with Crippen LogP contribution in [0.4, 0.5) is 0 Å². The van der Waals surface area contributed by atoms with Crippen LogP contribution in [0.3, 0.4) is 0 Å². The van der Waals surface area contributed by atoms with E-state index in [9.17, 15) is 9.90 Å². The molecule has 0 aliphatic heterocycles. The Hall–Kier alpha value is -1.92. The van der Waals surface area contributed by atoms with Crippen molar-refractivity contribution in [1.82, 2.24) is 15.1 Å². The Bertz CT molecular complexity index is 654. The van der Waals surface area contributed by atoms with Crippen LogP contribution in [0.25, 0.3) is 11.5 Å². The van der Waals surface area contributed by atoms with Gasteiger partial charge >= 0.3 is 5.97 Å². The zero-order valence-corrected chi connectivity index (χ0v) is 12.8. The third-order valence-electron chi connectivity index (χ3n) is 3.42. The average Bonchev–Trinajstić information content (AvgIpc) is 2.87. The predicted octanol–water partition coefficient (Wildman–Crippen LogP) is 2.68. The number of halogens is 1. The Kier molecular flexibility index (Phi) is 4.29. The zero-order valence-electron chi connectivity index (χ0n) is 12.0. The van der Waals surface area contributed by atoms with Gasteiger partial charge in [-0.25, -0.2) is 0 Å². The van der Waals surface area contributed by atoms with Crippen LogP contribution < -0.4 is 0 Å². The van der Waals surface area contributed by atoms with Gasteiger partial charge in [-0.15, -0.1) is 10.2 Å². The largest absolute Gasteiger partial charge is 0.480 e. The van der Waals surface area contributed by atoms with Gasteiger partial charge in [0.2, 0.25) is 11.8 Å². The summed E-state index contributed by atoms with van der Waals surface area (Å²) in [6.45, 7) is 3.46. The first-order valence-corrected chi connectivity index (χ1v) is 6.72. The first-order valence-electron chi connectivity index (χ1n) is 6.34. The van der Waals surface area contributed by atoms with Crippen LogP contribution in [0.5, 0.6) is 0 Å². The number of aromatic nitrogens is 2. The van der Waals surface area contributed by atoms with Crippen molar-refractivity contribution in [3.8, 4) is 11.5 Å². The molecule has 0 saturated heterocycles. The van der Waals surface area contributed by atoms with Crippen LogP contribution in [-0.4, -0.2) is 38.8 Å². The molecule has 2 aromatic rings. The van der Waals surface area contributed by atoms with Crippen molar-refractivity contribution in [2.45, 2.75) is 25.9 Å². The van der Waals surface area contributed by atoms with E-state index in [1.54, 1.807) is 37.9 Å². The smallest absolute Gasteiger partial charge is 0.323 e. The number of hydrogen-bond donors (Lipinski definition) is 1. The van der Waals surface area contributed by atoms with Crippen molar-refractivity contribution in [2.75, 3.05) is 7.05 Å². The van der Waals surface area contributed by atoms with E-state index in [0.717, 1.165) is 0 Å². The number of carboxylic acids is 1. The van der Waals surface area contributed by atoms with Crippen LogP contribution in [0, 0.1) is 0 Å². The highest BCUT2D eigenvalue weighted by atomic mass is 35.5. The highest BCUT2D eigenvalue weighted by Crippen LogP contribution is 2.26. The Balaban J connectivity index is 2.18. The molecule has 2 rings (SSSR count). The Morgan fingerprint density at radius 3 is 2.67 bits per heavy atom. The highest BCUT2D eigenvalue weighted by molar-refractivity contribution is 6.33. The standard InChI is InChI=1S/C14H16ClN3O3/c1-14(2,13(19)20)18(3)8-11-16-17-12(21-11)9-6-4-5-7-10(9)15/h4-7H,8H2,1-3H3,(H,19,20). The summed E-state index contributed by atoms with van der Waals surface area (Å²) in [6, 6.07) is 7.15. The van der Waals surface area contributed by atoms with E-state index in [0.29, 0.717) is 22.4 Å². The molecule has 0 spiro atoms. The van der Waals surface area contributed by atoms with E-state index in [2.05, 4.69) is 10.2 Å². The lowest BCUT2D eigenvalue weighted by atomic mass is 10.0. The fourth-order valence-corrected chi connectivity index (χ4v) is 1.84. The maximum absolute atomic E-state index is 11.2. The minimum Gasteiger partial charge on any atom is -0.480 e. The molecule has 0 saturated carbocycles. The second kappa shape index (κ2) is 5.83. The fraction of sp³-hybridized carbons (Fsp3) is 0.357. The van der Waals surface area contributed by atoms with Gasteiger partial charge in [-0.05, 0) is 33.0 Å². The minimum atomic E-state index is -1.03. The molecule has 6 nitrogen and oxygen atoms in total. The fourth-order valence-electron chi connectivity index (χ4n) is 1.62. The number of likely N-dealkylation sites (N-methyl/N-ethyl adjacent to an activating group) is 1. The number of carbonyl (C=O) groups is 1. The second-order valence-corrected chi connectivity index (χ2v) is 5.61. The molecule has 0 fully saturated rings. The molecule has 0 atom stereocenters. The summed E-state index contributed by atoms with van der Waals surface area (Å²) >= 11 is 6.07. The molecular formula is C14H16ClN3O3. The Morgan fingerprint density at radius 1 is 1.38 bits per heavy atom. The summed E-state index contributed by atoms with van der Waals surface area (Å²) in [4.78, 5) is 12.8. The van der Waals surface area contributed by atoms with Crippen molar-refractivity contribution in [1.29, 1.82) is 0 Å². The number of rotatable bonds is 5. The summed E-state index contributed by atoms with van der Waals surface area (Å²) in [7, 11) is 1.69. The molecule has 1 aromatic heterocycles. The summed E-state index contributed by atoms with van der Waals surface area (Å²) in [5, 5.41) is 17.6. The van der Waals surface area contributed by atoms with E-state index >= 15 is 0 Å². The van der Waals surface area contributed by atoms with Crippen LogP contribution >= 0.6 is 11.6 Å². The molecule has 0 aliphatic rings. The topological polar surface area (TPSA) is 79.5 Å². The molecule has 21 heavy (non-hydrogen) atoms. The normalized spacial score (nSPS) is 11.9. The third kappa shape index (κ3) is 3.22. The maximum Gasteiger partial charge on any atom is 0.323 e. The first kappa shape index (κ1) is 15.5. The molecule has 0 amide bonds. The number of hydrogen-bond acceptors (Lipinski definition) is 5. The molecule has 1 N–H and O–H groups in total. The van der Waals surface area contributed by atoms with Gasteiger partial charge in [-0.1, -0.05) is 23.7 Å². The summed E-state index contributed by atoms with van der Waals surface area (Å²) in [6.07, 6.45) is 0. The summed E-state index contributed by atoms with van der Waals surface area (Å²) < 4.78 is 5.55. The van der Waals surface area contributed by atoms with Gasteiger partial charge in [-0.2, -0.15) is 0 Å². The van der Waals surface area contributed by atoms with Gasteiger partial charge in [0.05, 0.1) is 17.1 Å². The van der Waals surface area contributed by atoms with Gasteiger partial charge in [-0.3, -0.25) is 9.69 Å². The van der Waals surface area contributed by atoms with E-state index < -0.39 is 11.5 Å². The molecular weight excluding hydrogens is 294 g/mol. The van der Waals surface area contributed by atoms with Gasteiger partial charge in [0.1, 0.15) is 5.54 Å². The lowest BCUT2D eigenvalue weighted by Crippen LogP contribution is -2.47. The van der Waals surface area contributed by atoms with Crippen molar-refractivity contribution < 1.29 is 14.3 Å². The van der Waals surface area contributed by atoms with Crippen LogP contribution in [0.15, 0.2) is 28.7 Å². The van der Waals surface area contributed by atoms with E-state index in [1.165, 1.54) is 0 Å². The molecule has 7 heteroatoms. The van der Waals surface area contributed by atoms with Crippen molar-refractivity contribution >= 4 is 17.6 Å². The van der Waals surface area contributed by atoms with Gasteiger partial charge in [0.15, 0.2) is 0 Å². The van der Waals surface area contributed by atoms with Gasteiger partial charge < -0.3 is 9.52 Å². The van der Waals surface area contributed by atoms with E-state index in [4.69, 9.17) is 16.0 Å². The molecule has 0 aliphatic carbocycles. The highest BCUT2D eigenvalue weighted by Gasteiger charge is 2.32. The Morgan fingerprint density at radius 2 is 2.05 bits per heavy atom. The number of aliphatic carboxylic acids is 1. The van der Waals surface area contributed by atoms with E-state index in [1.807, 2.05) is 12.1 Å². The van der Waals surface area contributed by atoms with Gasteiger partial charge in [0.25, 0.3) is 0 Å². The predicted molar refractivity (Wildman–Crippen MR) is 77.9 cm³/mol. The van der Waals surface area contributed by atoms with Gasteiger partial charge in [0, 0.05) is 0 Å². The molecule has 0 bridgehead atoms. The zero-order chi connectivity index (χ0) is 15.6. The Labute approximate surface area is 127 Å². The monoisotopic (exact) mass is 309 g/mol. The second-order valence-electron chi connectivity index (χ2n) is 5.20. The number of nitrogens with zero attached hydrogens (tertiary/aromatic N) is 3. The average molecular weight is 310 g/mol. The van der Waals surface area contributed by atoms with Crippen LogP contribution in [0.2, 0.25) is 5.02 Å². The maximum atomic E-state index is 11.2. The third-order valence-corrected chi connectivity index (χ3v) is 3.75. The lowest BCUT2D eigenvalue weighted by Gasteiger charge is -2.29. The first-order chi connectivity index (χ1) is 9.82. The molecule has 0 unspecified atom stereocenters.